The van der Waals surface area contributed by atoms with Gasteiger partial charge in [-0.2, -0.15) is 5.26 Å². The van der Waals surface area contributed by atoms with Crippen LogP contribution in [0, 0.1) is 17.1 Å². The van der Waals surface area contributed by atoms with Crippen molar-refractivity contribution in [1.82, 2.24) is 4.90 Å². The Balaban J connectivity index is 1.75. The average Bonchev–Trinajstić information content (AvgIpc) is 3.13. The molecule has 132 valence electrons. The van der Waals surface area contributed by atoms with Crippen LogP contribution in [-0.2, 0) is 4.79 Å². The summed E-state index contributed by atoms with van der Waals surface area (Å²) in [4.78, 5) is 26.9. The van der Waals surface area contributed by atoms with Crippen LogP contribution in [0.5, 0.6) is 0 Å². The van der Waals surface area contributed by atoms with Crippen molar-refractivity contribution in [3.63, 3.8) is 0 Å². The molecule has 0 saturated carbocycles. The fourth-order valence-corrected chi connectivity index (χ4v) is 3.22. The van der Waals surface area contributed by atoms with E-state index in [0.29, 0.717) is 24.2 Å². The molecule has 1 N–H and O–H groups in total. The van der Waals surface area contributed by atoms with E-state index < -0.39 is 11.9 Å². The number of amides is 2. The number of nitrogens with zero attached hydrogens (tertiary/aromatic N) is 2. The van der Waals surface area contributed by atoms with Gasteiger partial charge < -0.3 is 10.2 Å². The van der Waals surface area contributed by atoms with Crippen LogP contribution in [0.4, 0.5) is 10.1 Å². The summed E-state index contributed by atoms with van der Waals surface area (Å²) >= 11 is 3.33. The molecule has 26 heavy (non-hydrogen) atoms. The van der Waals surface area contributed by atoms with Crippen LogP contribution in [-0.4, -0.2) is 29.3 Å². The third-order valence-corrected chi connectivity index (χ3v) is 4.79. The number of carbonyl (C=O) groups is 2. The predicted octanol–water partition coefficient (Wildman–Crippen LogP) is 3.70. The molecular weight excluding hydrogens is 401 g/mol. The van der Waals surface area contributed by atoms with E-state index in [0.717, 1.165) is 17.0 Å². The van der Waals surface area contributed by atoms with Gasteiger partial charge in [-0.3, -0.25) is 9.59 Å². The van der Waals surface area contributed by atoms with Gasteiger partial charge >= 0.3 is 0 Å². The van der Waals surface area contributed by atoms with Crippen molar-refractivity contribution in [3.05, 3.63) is 63.9 Å². The molecule has 1 saturated heterocycles. The van der Waals surface area contributed by atoms with Gasteiger partial charge in [0, 0.05) is 22.3 Å². The smallest absolute Gasteiger partial charge is 0.254 e. The van der Waals surface area contributed by atoms with Crippen molar-refractivity contribution < 1.29 is 14.0 Å². The minimum absolute atomic E-state index is 0.142. The quantitative estimate of drug-likeness (QED) is 0.830. The maximum absolute atomic E-state index is 13.4. The van der Waals surface area contributed by atoms with Crippen molar-refractivity contribution in [2.75, 3.05) is 11.9 Å². The van der Waals surface area contributed by atoms with Crippen molar-refractivity contribution in [2.45, 2.75) is 18.9 Å². The largest absolute Gasteiger partial charge is 0.327 e. The summed E-state index contributed by atoms with van der Waals surface area (Å²) in [5.74, 6) is -1.19. The van der Waals surface area contributed by atoms with Gasteiger partial charge in [0.05, 0.1) is 5.56 Å². The average molecular weight is 416 g/mol. The molecule has 7 heteroatoms. The molecule has 1 unspecified atom stereocenters. The number of halogens is 2. The fraction of sp³-hybridized carbons (Fsp3) is 0.211. The molecule has 1 atom stereocenters. The summed E-state index contributed by atoms with van der Waals surface area (Å²) < 4.78 is 14.3. The van der Waals surface area contributed by atoms with Crippen LogP contribution in [0.3, 0.4) is 0 Å². The number of anilines is 1. The Morgan fingerprint density at radius 2 is 1.96 bits per heavy atom. The number of hydrogen-bond donors (Lipinski definition) is 1. The van der Waals surface area contributed by atoms with E-state index in [9.17, 15) is 14.0 Å². The monoisotopic (exact) mass is 415 g/mol. The Labute approximate surface area is 158 Å². The zero-order valence-electron chi connectivity index (χ0n) is 13.7. The van der Waals surface area contributed by atoms with Gasteiger partial charge in [-0.1, -0.05) is 15.9 Å². The van der Waals surface area contributed by atoms with Crippen LogP contribution in [0.2, 0.25) is 0 Å². The molecule has 0 radical (unpaired) electrons. The Kier molecular flexibility index (Phi) is 5.33. The number of nitriles is 1. The molecule has 0 bridgehead atoms. The molecule has 5 nitrogen and oxygen atoms in total. The second kappa shape index (κ2) is 7.67. The van der Waals surface area contributed by atoms with E-state index in [1.807, 2.05) is 0 Å². The molecule has 2 amide bonds. The van der Waals surface area contributed by atoms with Crippen molar-refractivity contribution in [3.8, 4) is 6.07 Å². The van der Waals surface area contributed by atoms with Gasteiger partial charge in [0.15, 0.2) is 0 Å². The zero-order chi connectivity index (χ0) is 18.7. The summed E-state index contributed by atoms with van der Waals surface area (Å²) in [7, 11) is 0. The molecule has 2 aromatic rings. The molecule has 0 aromatic heterocycles. The highest BCUT2D eigenvalue weighted by atomic mass is 79.9. The lowest BCUT2D eigenvalue weighted by Gasteiger charge is -2.24. The first kappa shape index (κ1) is 18.1. The summed E-state index contributed by atoms with van der Waals surface area (Å²) in [6.45, 7) is 0.500. The summed E-state index contributed by atoms with van der Waals surface area (Å²) in [5, 5.41) is 11.6. The zero-order valence-corrected chi connectivity index (χ0v) is 15.3. The number of rotatable bonds is 3. The maximum atomic E-state index is 13.4. The van der Waals surface area contributed by atoms with Gasteiger partial charge in [-0.25, -0.2) is 4.39 Å². The summed E-state index contributed by atoms with van der Waals surface area (Å²) in [5.41, 5.74) is 0.703. The predicted molar refractivity (Wildman–Crippen MR) is 97.9 cm³/mol. The lowest BCUT2D eigenvalue weighted by Crippen LogP contribution is -2.43. The van der Waals surface area contributed by atoms with E-state index in [1.165, 1.54) is 12.1 Å². The van der Waals surface area contributed by atoms with Crippen LogP contribution in [0.25, 0.3) is 0 Å². The minimum Gasteiger partial charge on any atom is -0.327 e. The summed E-state index contributed by atoms with van der Waals surface area (Å²) in [6.07, 6.45) is 1.29. The molecular formula is C19H15BrFN3O2. The Morgan fingerprint density at radius 1 is 1.23 bits per heavy atom. The Morgan fingerprint density at radius 3 is 2.65 bits per heavy atom. The topological polar surface area (TPSA) is 73.2 Å². The fourth-order valence-electron chi connectivity index (χ4n) is 2.95. The molecule has 1 aliphatic rings. The lowest BCUT2D eigenvalue weighted by molar-refractivity contribution is -0.119. The lowest BCUT2D eigenvalue weighted by atomic mass is 10.1. The van der Waals surface area contributed by atoms with E-state index in [-0.39, 0.29) is 17.4 Å². The number of benzene rings is 2. The number of likely N-dealkylation sites (tertiary alicyclic amines) is 1. The van der Waals surface area contributed by atoms with Crippen LogP contribution < -0.4 is 5.32 Å². The highest BCUT2D eigenvalue weighted by Crippen LogP contribution is 2.23. The van der Waals surface area contributed by atoms with E-state index in [4.69, 9.17) is 5.26 Å². The van der Waals surface area contributed by atoms with Crippen molar-refractivity contribution in [1.29, 1.82) is 5.26 Å². The van der Waals surface area contributed by atoms with Crippen molar-refractivity contribution in [2.24, 2.45) is 0 Å². The SMILES string of the molecule is N#Cc1cc(NC(=O)C2CCCN2C(=O)c2ccc(Br)cc2)ccc1F. The second-order valence-electron chi connectivity index (χ2n) is 5.96. The first-order chi connectivity index (χ1) is 12.5. The normalized spacial score (nSPS) is 16.2. The van der Waals surface area contributed by atoms with Crippen LogP contribution in [0.15, 0.2) is 46.9 Å². The van der Waals surface area contributed by atoms with Gasteiger partial charge in [0.25, 0.3) is 5.91 Å². The number of carbonyl (C=O) groups excluding carboxylic acids is 2. The van der Waals surface area contributed by atoms with Gasteiger partial charge in [-0.15, -0.1) is 0 Å². The van der Waals surface area contributed by atoms with E-state index >= 15 is 0 Å². The molecule has 1 heterocycles. The van der Waals surface area contributed by atoms with Gasteiger partial charge in [-0.05, 0) is 55.3 Å². The van der Waals surface area contributed by atoms with E-state index in [2.05, 4.69) is 21.2 Å². The molecule has 3 rings (SSSR count). The first-order valence-electron chi connectivity index (χ1n) is 8.06. The van der Waals surface area contributed by atoms with Crippen LogP contribution >= 0.6 is 15.9 Å². The summed E-state index contributed by atoms with van der Waals surface area (Å²) in [6, 6.07) is 11.9. The van der Waals surface area contributed by atoms with Gasteiger partial charge in [0.1, 0.15) is 17.9 Å². The first-order valence-corrected chi connectivity index (χ1v) is 8.86. The maximum Gasteiger partial charge on any atom is 0.254 e. The van der Waals surface area contributed by atoms with E-state index in [1.54, 1.807) is 35.2 Å². The number of hydrogen-bond acceptors (Lipinski definition) is 3. The van der Waals surface area contributed by atoms with Crippen LogP contribution in [0.1, 0.15) is 28.8 Å². The Hall–Kier alpha value is -2.72. The Bertz CT molecular complexity index is 893. The molecule has 0 spiro atoms. The highest BCUT2D eigenvalue weighted by molar-refractivity contribution is 9.10. The molecule has 1 fully saturated rings. The third kappa shape index (κ3) is 3.75. The molecule has 2 aromatic carbocycles. The second-order valence-corrected chi connectivity index (χ2v) is 6.87. The van der Waals surface area contributed by atoms with Crippen molar-refractivity contribution >= 4 is 33.4 Å². The van der Waals surface area contributed by atoms with Gasteiger partial charge in [0.2, 0.25) is 5.91 Å². The third-order valence-electron chi connectivity index (χ3n) is 4.26. The molecule has 1 aliphatic heterocycles. The molecule has 0 aliphatic carbocycles. The standard InChI is InChI=1S/C19H15BrFN3O2/c20-14-5-3-12(4-6-14)19(26)24-9-1-2-17(24)18(25)23-15-7-8-16(21)13(10-15)11-22/h3-8,10,17H,1-2,9H2,(H,23,25). The number of nitrogens with one attached hydrogen (secondary N) is 1. The highest BCUT2D eigenvalue weighted by Gasteiger charge is 2.34. The minimum atomic E-state index is -0.640.